The van der Waals surface area contributed by atoms with Crippen LogP contribution in [0.2, 0.25) is 0 Å². The molecule has 2 aliphatic heterocycles. The van der Waals surface area contributed by atoms with E-state index in [2.05, 4.69) is 136 Å². The average molecular weight is 531 g/mol. The molecule has 0 bridgehead atoms. The Hall–Kier alpha value is -5.62. The zero-order valence-corrected chi connectivity index (χ0v) is 22.4. The van der Waals surface area contributed by atoms with Crippen molar-refractivity contribution in [2.24, 2.45) is 0 Å². The van der Waals surface area contributed by atoms with E-state index < -0.39 is 0 Å². The normalized spacial score (nSPS) is 13.0. The molecule has 8 rings (SSSR count). The van der Waals surface area contributed by atoms with Crippen LogP contribution in [0.25, 0.3) is 11.1 Å². The topological polar surface area (TPSA) is 47.5 Å². The summed E-state index contributed by atoms with van der Waals surface area (Å²) >= 11 is 0. The molecule has 41 heavy (non-hydrogen) atoms. The zero-order chi connectivity index (χ0) is 27.3. The van der Waals surface area contributed by atoms with Crippen LogP contribution >= 0.6 is 0 Å². The second-order valence-electron chi connectivity index (χ2n) is 10.1. The highest BCUT2D eigenvalue weighted by Crippen LogP contribution is 2.54. The molecule has 0 spiro atoms. The molecule has 196 valence electrons. The van der Waals surface area contributed by atoms with Crippen LogP contribution in [0.15, 0.2) is 134 Å². The van der Waals surface area contributed by atoms with Crippen LogP contribution in [0.3, 0.4) is 0 Å². The third-order valence-corrected chi connectivity index (χ3v) is 7.81. The first kappa shape index (κ1) is 23.3. The molecule has 2 aliphatic rings. The van der Waals surface area contributed by atoms with E-state index in [1.807, 2.05) is 24.5 Å². The Morgan fingerprint density at radius 2 is 0.829 bits per heavy atom. The predicted octanol–water partition coefficient (Wildman–Crippen LogP) is 9.22. The lowest BCUT2D eigenvalue weighted by Gasteiger charge is -2.39. The molecule has 0 saturated heterocycles. The van der Waals surface area contributed by atoms with Gasteiger partial charge in [0.25, 0.3) is 0 Å². The third-order valence-electron chi connectivity index (χ3n) is 7.81. The number of nitrogens with one attached hydrogen (secondary N) is 1. The number of rotatable bonds is 3. The zero-order valence-electron chi connectivity index (χ0n) is 22.4. The third kappa shape index (κ3) is 3.58. The number of para-hydroxylation sites is 8. The van der Waals surface area contributed by atoms with Crippen molar-refractivity contribution in [2.45, 2.75) is 0 Å². The monoisotopic (exact) mass is 530 g/mol. The van der Waals surface area contributed by atoms with Gasteiger partial charge in [0.05, 0.1) is 45.5 Å². The Labute approximate surface area is 238 Å². The molecule has 0 aliphatic carbocycles. The fraction of sp³-hybridized carbons (Fsp3) is 0.0286. The Morgan fingerprint density at radius 3 is 1.32 bits per heavy atom. The highest BCUT2D eigenvalue weighted by atomic mass is 15.3. The van der Waals surface area contributed by atoms with Crippen LogP contribution in [0.5, 0.6) is 0 Å². The van der Waals surface area contributed by atoms with E-state index in [0.29, 0.717) is 0 Å². The molecule has 0 unspecified atom stereocenters. The number of aromatic nitrogens is 2. The van der Waals surface area contributed by atoms with Gasteiger partial charge in [-0.3, -0.25) is 9.80 Å². The molecular formula is C35H26N6. The number of hydrogen-bond acceptors (Lipinski definition) is 6. The molecule has 0 amide bonds. The molecule has 0 saturated carbocycles. The van der Waals surface area contributed by atoms with Gasteiger partial charge in [-0.1, -0.05) is 48.5 Å². The Bertz CT molecular complexity index is 1840. The van der Waals surface area contributed by atoms with Gasteiger partial charge < -0.3 is 10.2 Å². The highest BCUT2D eigenvalue weighted by Gasteiger charge is 2.31. The average Bonchev–Trinajstić information content (AvgIpc) is 3.04. The molecule has 0 atom stereocenters. The molecule has 6 heteroatoms. The summed E-state index contributed by atoms with van der Waals surface area (Å²) in [6.07, 6.45) is 3.73. The SMILES string of the molecule is CN1c2ccccc2N(c2ncccc2-c2cccnc2N2c3ccccc3Nc3ccccc32)c2ccccc21. The van der Waals surface area contributed by atoms with Crippen molar-refractivity contribution < 1.29 is 0 Å². The van der Waals surface area contributed by atoms with Crippen molar-refractivity contribution >= 4 is 57.1 Å². The summed E-state index contributed by atoms with van der Waals surface area (Å²) in [4.78, 5) is 16.8. The van der Waals surface area contributed by atoms with E-state index in [1.165, 1.54) is 0 Å². The lowest BCUT2D eigenvalue weighted by molar-refractivity contribution is 1.10. The molecule has 1 N–H and O–H groups in total. The van der Waals surface area contributed by atoms with Crippen LogP contribution in [0.4, 0.5) is 57.1 Å². The summed E-state index contributed by atoms with van der Waals surface area (Å²) in [6.45, 7) is 0. The van der Waals surface area contributed by atoms with Gasteiger partial charge in [0, 0.05) is 30.6 Å². The molecule has 0 radical (unpaired) electrons. The van der Waals surface area contributed by atoms with Crippen LogP contribution in [0.1, 0.15) is 0 Å². The molecule has 2 aromatic heterocycles. The first-order valence-electron chi connectivity index (χ1n) is 13.7. The molecule has 6 nitrogen and oxygen atoms in total. The summed E-state index contributed by atoms with van der Waals surface area (Å²) in [5.41, 5.74) is 10.6. The summed E-state index contributed by atoms with van der Waals surface area (Å²) in [5.74, 6) is 1.70. The Morgan fingerprint density at radius 1 is 0.439 bits per heavy atom. The van der Waals surface area contributed by atoms with Crippen molar-refractivity contribution in [3.63, 3.8) is 0 Å². The Kier molecular flexibility index (Phi) is 5.25. The fourth-order valence-corrected chi connectivity index (χ4v) is 5.98. The van der Waals surface area contributed by atoms with Crippen LogP contribution in [0, 0.1) is 0 Å². The molecular weight excluding hydrogens is 504 g/mol. The van der Waals surface area contributed by atoms with E-state index in [1.54, 1.807) is 0 Å². The molecule has 0 fully saturated rings. The quantitative estimate of drug-likeness (QED) is 0.246. The lowest BCUT2D eigenvalue weighted by Crippen LogP contribution is -2.25. The van der Waals surface area contributed by atoms with Crippen molar-refractivity contribution in [1.82, 2.24) is 9.97 Å². The number of anilines is 10. The molecule has 4 heterocycles. The van der Waals surface area contributed by atoms with Crippen molar-refractivity contribution in [2.75, 3.05) is 27.1 Å². The second-order valence-corrected chi connectivity index (χ2v) is 10.1. The summed E-state index contributed by atoms with van der Waals surface area (Å²) < 4.78 is 0. The maximum atomic E-state index is 5.03. The summed E-state index contributed by atoms with van der Waals surface area (Å²) in [6, 6.07) is 42.0. The standard InChI is InChI=1S/C35H26N6/c1-39-30-18-6-8-20-32(30)41(33-21-9-7-19-31(33)39)35-25(13-11-23-37-35)24-12-10-22-36-34(24)40-28-16-4-2-14-26(28)38-27-15-3-5-17-29(27)40/h2-23,38H,1H3. The van der Waals surface area contributed by atoms with Crippen molar-refractivity contribution in [1.29, 1.82) is 0 Å². The number of benzene rings is 4. The van der Waals surface area contributed by atoms with Gasteiger partial charge in [-0.2, -0.15) is 0 Å². The number of hydrogen-bond donors (Lipinski definition) is 1. The first-order valence-corrected chi connectivity index (χ1v) is 13.7. The Balaban J connectivity index is 1.37. The minimum absolute atomic E-state index is 0.846. The second kappa shape index (κ2) is 9.24. The summed E-state index contributed by atoms with van der Waals surface area (Å²) in [5, 5.41) is 3.59. The minimum Gasteiger partial charge on any atom is -0.352 e. The van der Waals surface area contributed by atoms with Gasteiger partial charge in [0.15, 0.2) is 0 Å². The van der Waals surface area contributed by atoms with E-state index in [-0.39, 0.29) is 0 Å². The summed E-state index contributed by atoms with van der Waals surface area (Å²) in [7, 11) is 2.12. The smallest absolute Gasteiger partial charge is 0.145 e. The van der Waals surface area contributed by atoms with Gasteiger partial charge in [-0.05, 0) is 72.8 Å². The van der Waals surface area contributed by atoms with Crippen LogP contribution in [-0.2, 0) is 0 Å². The fourth-order valence-electron chi connectivity index (χ4n) is 5.98. The maximum Gasteiger partial charge on any atom is 0.145 e. The van der Waals surface area contributed by atoms with Gasteiger partial charge >= 0.3 is 0 Å². The van der Waals surface area contributed by atoms with Crippen molar-refractivity contribution in [3.8, 4) is 11.1 Å². The highest BCUT2D eigenvalue weighted by molar-refractivity contribution is 6.03. The van der Waals surface area contributed by atoms with E-state index in [9.17, 15) is 0 Å². The molecule has 4 aromatic carbocycles. The minimum atomic E-state index is 0.846. The lowest BCUT2D eigenvalue weighted by atomic mass is 10.0. The number of nitrogens with zero attached hydrogens (tertiary/aromatic N) is 5. The van der Waals surface area contributed by atoms with E-state index in [0.717, 1.165) is 68.3 Å². The predicted molar refractivity (Wildman–Crippen MR) is 168 cm³/mol. The van der Waals surface area contributed by atoms with Gasteiger partial charge in [0.1, 0.15) is 11.6 Å². The van der Waals surface area contributed by atoms with Crippen molar-refractivity contribution in [3.05, 3.63) is 134 Å². The largest absolute Gasteiger partial charge is 0.352 e. The van der Waals surface area contributed by atoms with Crippen LogP contribution in [-0.4, -0.2) is 17.0 Å². The first-order chi connectivity index (χ1) is 20.3. The maximum absolute atomic E-state index is 5.03. The van der Waals surface area contributed by atoms with E-state index >= 15 is 0 Å². The number of fused-ring (bicyclic) bond motifs is 4. The van der Waals surface area contributed by atoms with Crippen LogP contribution < -0.4 is 20.0 Å². The van der Waals surface area contributed by atoms with Gasteiger partial charge in [-0.15, -0.1) is 0 Å². The van der Waals surface area contributed by atoms with E-state index in [4.69, 9.17) is 9.97 Å². The molecule has 6 aromatic rings. The van der Waals surface area contributed by atoms with Gasteiger partial charge in [0.2, 0.25) is 0 Å². The van der Waals surface area contributed by atoms with Gasteiger partial charge in [-0.25, -0.2) is 9.97 Å². The number of pyridine rings is 2.